The van der Waals surface area contributed by atoms with Crippen LogP contribution in [0.3, 0.4) is 0 Å². The van der Waals surface area contributed by atoms with Gasteiger partial charge in [0.05, 0.1) is 16.2 Å². The van der Waals surface area contributed by atoms with Crippen molar-refractivity contribution < 1.29 is 4.74 Å². The lowest BCUT2D eigenvalue weighted by molar-refractivity contribution is -0.105. The molecule has 0 fully saturated rings. The first-order valence-electron chi connectivity index (χ1n) is 6.38. The van der Waals surface area contributed by atoms with E-state index in [4.69, 9.17) is 15.5 Å². The molecule has 0 saturated carbocycles. The van der Waals surface area contributed by atoms with E-state index in [1.807, 2.05) is 24.3 Å². The first-order valence-corrected chi connectivity index (χ1v) is 7.20. The zero-order valence-electron chi connectivity index (χ0n) is 11.7. The lowest BCUT2D eigenvalue weighted by atomic mass is 10.0. The Morgan fingerprint density at radius 3 is 2.42 bits per heavy atom. The SMILES string of the molecule is CC1(C)OC(C)(C)c2sc(-c3ccccc3N)nc21. The van der Waals surface area contributed by atoms with Gasteiger partial charge in [0.25, 0.3) is 0 Å². The van der Waals surface area contributed by atoms with Gasteiger partial charge in [-0.2, -0.15) is 0 Å². The molecule has 0 aliphatic carbocycles. The number of thiazole rings is 1. The number of ether oxygens (including phenoxy) is 1. The molecule has 0 radical (unpaired) electrons. The van der Waals surface area contributed by atoms with Crippen LogP contribution >= 0.6 is 11.3 Å². The molecule has 1 aromatic heterocycles. The molecule has 2 N–H and O–H groups in total. The standard InChI is InChI=1S/C15H18N2OS/c1-14(2)11-12(15(3,4)18-14)19-13(17-11)9-7-5-6-8-10(9)16/h5-8H,16H2,1-4H3. The van der Waals surface area contributed by atoms with Gasteiger partial charge in [-0.25, -0.2) is 4.98 Å². The topological polar surface area (TPSA) is 48.1 Å². The maximum Gasteiger partial charge on any atom is 0.126 e. The summed E-state index contributed by atoms with van der Waals surface area (Å²) in [5.74, 6) is 0. The normalized spacial score (nSPS) is 19.4. The van der Waals surface area contributed by atoms with Gasteiger partial charge in [-0.3, -0.25) is 0 Å². The molecule has 19 heavy (non-hydrogen) atoms. The highest BCUT2D eigenvalue weighted by atomic mass is 32.1. The summed E-state index contributed by atoms with van der Waals surface area (Å²) in [6, 6.07) is 7.86. The van der Waals surface area contributed by atoms with Crippen LogP contribution in [0, 0.1) is 0 Å². The predicted octanol–water partition coefficient (Wildman–Crippen LogP) is 3.89. The number of aromatic nitrogens is 1. The molecule has 100 valence electrons. The van der Waals surface area contributed by atoms with Crippen LogP contribution < -0.4 is 5.73 Å². The van der Waals surface area contributed by atoms with Gasteiger partial charge < -0.3 is 10.5 Å². The minimum atomic E-state index is -0.336. The van der Waals surface area contributed by atoms with E-state index in [1.165, 1.54) is 4.88 Å². The van der Waals surface area contributed by atoms with Crippen molar-refractivity contribution in [3.05, 3.63) is 34.8 Å². The zero-order chi connectivity index (χ0) is 13.8. The molecular formula is C15H18N2OS. The maximum absolute atomic E-state index is 6.08. The number of hydrogen-bond donors (Lipinski definition) is 1. The van der Waals surface area contributed by atoms with Crippen molar-refractivity contribution >= 4 is 17.0 Å². The van der Waals surface area contributed by atoms with Crippen molar-refractivity contribution in [3.63, 3.8) is 0 Å². The highest BCUT2D eigenvalue weighted by Gasteiger charge is 2.46. The lowest BCUT2D eigenvalue weighted by Gasteiger charge is -2.24. The van der Waals surface area contributed by atoms with Crippen LogP contribution in [0.4, 0.5) is 5.69 Å². The van der Waals surface area contributed by atoms with Crippen LogP contribution in [-0.4, -0.2) is 4.98 Å². The third kappa shape index (κ3) is 1.86. The Labute approximate surface area is 117 Å². The Kier molecular flexibility index (Phi) is 2.53. The Morgan fingerprint density at radius 2 is 1.79 bits per heavy atom. The van der Waals surface area contributed by atoms with Gasteiger partial charge in [-0.15, -0.1) is 11.3 Å². The Balaban J connectivity index is 2.17. The van der Waals surface area contributed by atoms with Crippen molar-refractivity contribution in [2.75, 3.05) is 5.73 Å². The second kappa shape index (κ2) is 3.81. The fourth-order valence-electron chi connectivity index (χ4n) is 2.68. The second-order valence-electron chi connectivity index (χ2n) is 5.91. The first kappa shape index (κ1) is 12.6. The fourth-order valence-corrected chi connectivity index (χ4v) is 3.98. The number of para-hydroxylation sites is 1. The highest BCUT2D eigenvalue weighted by molar-refractivity contribution is 7.15. The summed E-state index contributed by atoms with van der Waals surface area (Å²) in [5, 5.41) is 0.979. The number of rotatable bonds is 1. The Hall–Kier alpha value is -1.39. The van der Waals surface area contributed by atoms with Gasteiger partial charge in [0.1, 0.15) is 10.6 Å². The molecule has 0 spiro atoms. The molecule has 0 bridgehead atoms. The summed E-state index contributed by atoms with van der Waals surface area (Å²) in [4.78, 5) is 5.99. The molecule has 3 nitrogen and oxygen atoms in total. The quantitative estimate of drug-likeness (QED) is 0.802. The number of nitrogens with zero attached hydrogens (tertiary/aromatic N) is 1. The average molecular weight is 274 g/mol. The van der Waals surface area contributed by atoms with Gasteiger partial charge in [0, 0.05) is 11.3 Å². The molecule has 1 aliphatic heterocycles. The van der Waals surface area contributed by atoms with Crippen LogP contribution in [0.2, 0.25) is 0 Å². The molecule has 1 aromatic carbocycles. The van der Waals surface area contributed by atoms with Crippen molar-refractivity contribution in [1.29, 1.82) is 0 Å². The number of anilines is 1. The average Bonchev–Trinajstić information content (AvgIpc) is 2.80. The molecule has 0 unspecified atom stereocenters. The van der Waals surface area contributed by atoms with E-state index in [1.54, 1.807) is 11.3 Å². The van der Waals surface area contributed by atoms with E-state index in [2.05, 4.69) is 27.7 Å². The number of benzene rings is 1. The van der Waals surface area contributed by atoms with Crippen molar-refractivity contribution in [1.82, 2.24) is 4.98 Å². The fraction of sp³-hybridized carbons (Fsp3) is 0.400. The molecule has 3 rings (SSSR count). The molecule has 2 heterocycles. The predicted molar refractivity (Wildman–Crippen MR) is 79.1 cm³/mol. The third-order valence-corrected chi connectivity index (χ3v) is 4.84. The molecule has 0 saturated heterocycles. The number of nitrogens with two attached hydrogens (primary N) is 1. The Morgan fingerprint density at radius 1 is 1.11 bits per heavy atom. The van der Waals surface area contributed by atoms with Crippen LogP contribution in [0.1, 0.15) is 38.3 Å². The van der Waals surface area contributed by atoms with Gasteiger partial charge in [0.2, 0.25) is 0 Å². The lowest BCUT2D eigenvalue weighted by Crippen LogP contribution is -2.23. The minimum absolute atomic E-state index is 0.279. The van der Waals surface area contributed by atoms with Crippen LogP contribution in [0.5, 0.6) is 0 Å². The number of fused-ring (bicyclic) bond motifs is 1. The number of hydrogen-bond acceptors (Lipinski definition) is 4. The van der Waals surface area contributed by atoms with Crippen LogP contribution in [0.25, 0.3) is 10.6 Å². The maximum atomic E-state index is 6.08. The molecule has 1 aliphatic rings. The van der Waals surface area contributed by atoms with E-state index in [0.717, 1.165) is 22.0 Å². The molecule has 0 amide bonds. The molecular weight excluding hydrogens is 256 g/mol. The van der Waals surface area contributed by atoms with Gasteiger partial charge >= 0.3 is 0 Å². The largest absolute Gasteiger partial charge is 0.398 e. The van der Waals surface area contributed by atoms with E-state index < -0.39 is 0 Å². The van der Waals surface area contributed by atoms with Gasteiger partial charge in [-0.05, 0) is 39.8 Å². The monoisotopic (exact) mass is 274 g/mol. The summed E-state index contributed by atoms with van der Waals surface area (Å²) in [5.41, 5.74) is 8.25. The summed E-state index contributed by atoms with van der Waals surface area (Å²) >= 11 is 1.68. The smallest absolute Gasteiger partial charge is 0.126 e. The molecule has 4 heteroatoms. The van der Waals surface area contributed by atoms with E-state index in [0.29, 0.717) is 0 Å². The molecule has 2 aromatic rings. The van der Waals surface area contributed by atoms with E-state index >= 15 is 0 Å². The summed E-state index contributed by atoms with van der Waals surface area (Å²) in [6.07, 6.45) is 0. The number of nitrogen functional groups attached to an aromatic ring is 1. The van der Waals surface area contributed by atoms with Crippen molar-refractivity contribution in [3.8, 4) is 10.6 Å². The van der Waals surface area contributed by atoms with E-state index in [9.17, 15) is 0 Å². The molecule has 0 atom stereocenters. The van der Waals surface area contributed by atoms with Gasteiger partial charge in [0.15, 0.2) is 0 Å². The third-order valence-electron chi connectivity index (χ3n) is 3.45. The summed E-state index contributed by atoms with van der Waals surface area (Å²) < 4.78 is 6.08. The van der Waals surface area contributed by atoms with Crippen molar-refractivity contribution in [2.24, 2.45) is 0 Å². The second-order valence-corrected chi connectivity index (χ2v) is 6.91. The summed E-state index contributed by atoms with van der Waals surface area (Å²) in [7, 11) is 0. The zero-order valence-corrected chi connectivity index (χ0v) is 12.5. The van der Waals surface area contributed by atoms with Gasteiger partial charge in [-0.1, -0.05) is 12.1 Å². The highest BCUT2D eigenvalue weighted by Crippen LogP contribution is 2.50. The Bertz CT molecular complexity index is 612. The summed E-state index contributed by atoms with van der Waals surface area (Å²) in [6.45, 7) is 8.32. The van der Waals surface area contributed by atoms with E-state index in [-0.39, 0.29) is 11.2 Å². The first-order chi connectivity index (χ1) is 8.81. The van der Waals surface area contributed by atoms with Crippen molar-refractivity contribution in [2.45, 2.75) is 38.9 Å². The minimum Gasteiger partial charge on any atom is -0.398 e. The van der Waals surface area contributed by atoms with Crippen LogP contribution in [0.15, 0.2) is 24.3 Å². The van der Waals surface area contributed by atoms with Crippen LogP contribution in [-0.2, 0) is 15.9 Å².